The zero-order valence-electron chi connectivity index (χ0n) is 13.1. The van der Waals surface area contributed by atoms with E-state index in [2.05, 4.69) is 31.0 Å². The summed E-state index contributed by atoms with van der Waals surface area (Å²) in [5, 5.41) is 3.78. The van der Waals surface area contributed by atoms with Gasteiger partial charge in [-0.1, -0.05) is 13.8 Å². The first-order chi connectivity index (χ1) is 9.19. The number of hydrogen-bond donors (Lipinski definition) is 1. The van der Waals surface area contributed by atoms with Gasteiger partial charge in [0.05, 0.1) is 6.10 Å². The number of nitrogens with zero attached hydrogens (tertiary/aromatic N) is 1. The molecule has 19 heavy (non-hydrogen) atoms. The second kappa shape index (κ2) is 7.05. The summed E-state index contributed by atoms with van der Waals surface area (Å²) in [6, 6.07) is 0.662. The van der Waals surface area contributed by atoms with Gasteiger partial charge in [0.15, 0.2) is 0 Å². The number of rotatable bonds is 5. The molecule has 0 aliphatic carbocycles. The molecule has 0 aromatic rings. The van der Waals surface area contributed by atoms with Gasteiger partial charge < -0.3 is 10.1 Å². The lowest BCUT2D eigenvalue weighted by Gasteiger charge is -2.47. The average molecular weight is 268 g/mol. The minimum atomic E-state index is 0.347. The molecule has 0 bridgehead atoms. The Morgan fingerprint density at radius 3 is 2.68 bits per heavy atom. The van der Waals surface area contributed by atoms with E-state index in [4.69, 9.17) is 4.74 Å². The van der Waals surface area contributed by atoms with Crippen LogP contribution >= 0.6 is 0 Å². The Morgan fingerprint density at radius 2 is 2.05 bits per heavy atom. The molecule has 0 spiro atoms. The van der Waals surface area contributed by atoms with Gasteiger partial charge in [-0.3, -0.25) is 4.90 Å². The molecule has 0 saturated carbocycles. The van der Waals surface area contributed by atoms with E-state index in [1.165, 1.54) is 51.6 Å². The minimum absolute atomic E-state index is 0.347. The Bertz CT molecular complexity index is 259. The Balaban J connectivity index is 1.83. The third-order valence-corrected chi connectivity index (χ3v) is 5.27. The lowest BCUT2D eigenvalue weighted by Crippen LogP contribution is -2.63. The van der Waals surface area contributed by atoms with Crippen molar-refractivity contribution < 1.29 is 4.74 Å². The molecule has 112 valence electrons. The molecule has 2 heterocycles. The first kappa shape index (κ1) is 15.3. The van der Waals surface area contributed by atoms with E-state index < -0.39 is 0 Å². The quantitative estimate of drug-likeness (QED) is 0.830. The smallest absolute Gasteiger partial charge is 0.0587 e. The van der Waals surface area contributed by atoms with E-state index in [-0.39, 0.29) is 0 Å². The van der Waals surface area contributed by atoms with E-state index in [0.29, 0.717) is 17.7 Å². The summed E-state index contributed by atoms with van der Waals surface area (Å²) in [5.74, 6) is 0. The summed E-state index contributed by atoms with van der Waals surface area (Å²) < 4.78 is 5.87. The van der Waals surface area contributed by atoms with E-state index >= 15 is 0 Å². The lowest BCUT2D eigenvalue weighted by molar-refractivity contribution is -0.00388. The van der Waals surface area contributed by atoms with Crippen molar-refractivity contribution in [1.82, 2.24) is 10.2 Å². The zero-order valence-corrected chi connectivity index (χ0v) is 13.1. The molecule has 0 radical (unpaired) electrons. The van der Waals surface area contributed by atoms with Crippen LogP contribution < -0.4 is 5.32 Å². The number of nitrogens with one attached hydrogen (secondary N) is 1. The Morgan fingerprint density at radius 1 is 1.26 bits per heavy atom. The lowest BCUT2D eigenvalue weighted by atomic mass is 9.88. The van der Waals surface area contributed by atoms with Crippen molar-refractivity contribution in [3.05, 3.63) is 0 Å². The van der Waals surface area contributed by atoms with Crippen molar-refractivity contribution in [3.8, 4) is 0 Å². The highest BCUT2D eigenvalue weighted by Crippen LogP contribution is 2.24. The second-order valence-electron chi connectivity index (χ2n) is 6.47. The molecule has 2 aliphatic rings. The maximum Gasteiger partial charge on any atom is 0.0587 e. The summed E-state index contributed by atoms with van der Waals surface area (Å²) in [4.78, 5) is 2.68. The van der Waals surface area contributed by atoms with Gasteiger partial charge in [-0.05, 0) is 45.4 Å². The molecule has 2 atom stereocenters. The van der Waals surface area contributed by atoms with Crippen LogP contribution in [0.15, 0.2) is 0 Å². The van der Waals surface area contributed by atoms with Gasteiger partial charge in [0.1, 0.15) is 0 Å². The van der Waals surface area contributed by atoms with Crippen LogP contribution in [0.2, 0.25) is 0 Å². The molecule has 0 aromatic heterocycles. The maximum atomic E-state index is 5.87. The molecule has 2 fully saturated rings. The summed E-state index contributed by atoms with van der Waals surface area (Å²) in [6.07, 6.45) is 8.08. The van der Waals surface area contributed by atoms with E-state index in [1.807, 2.05) is 0 Å². The standard InChI is InChI=1S/C16H32N2O/c1-4-16(5-2)13-18(14(3)12-17-16)10-9-15-8-6-7-11-19-15/h14-15,17H,4-13H2,1-3H3. The molecule has 2 saturated heterocycles. The van der Waals surface area contributed by atoms with Crippen molar-refractivity contribution in [2.24, 2.45) is 0 Å². The molecule has 3 heteroatoms. The number of piperazine rings is 1. The van der Waals surface area contributed by atoms with Crippen molar-refractivity contribution >= 4 is 0 Å². The highest BCUT2D eigenvalue weighted by Gasteiger charge is 2.34. The zero-order chi connectivity index (χ0) is 13.7. The summed E-state index contributed by atoms with van der Waals surface area (Å²) in [6.45, 7) is 11.5. The van der Waals surface area contributed by atoms with Crippen molar-refractivity contribution in [3.63, 3.8) is 0 Å². The molecular weight excluding hydrogens is 236 g/mol. The van der Waals surface area contributed by atoms with Crippen LogP contribution in [0.4, 0.5) is 0 Å². The fraction of sp³-hybridized carbons (Fsp3) is 1.00. The summed E-state index contributed by atoms with van der Waals surface area (Å²) in [7, 11) is 0. The Kier molecular flexibility index (Phi) is 5.67. The van der Waals surface area contributed by atoms with Gasteiger partial charge in [-0.15, -0.1) is 0 Å². The predicted molar refractivity (Wildman–Crippen MR) is 80.6 cm³/mol. The first-order valence-electron chi connectivity index (χ1n) is 8.30. The Hall–Kier alpha value is -0.120. The molecular formula is C16H32N2O. The van der Waals surface area contributed by atoms with Crippen molar-refractivity contribution in [2.45, 2.75) is 77.0 Å². The molecule has 0 aromatic carbocycles. The monoisotopic (exact) mass is 268 g/mol. The number of hydrogen-bond acceptors (Lipinski definition) is 3. The fourth-order valence-electron chi connectivity index (χ4n) is 3.46. The minimum Gasteiger partial charge on any atom is -0.378 e. The second-order valence-corrected chi connectivity index (χ2v) is 6.47. The SMILES string of the molecule is CCC1(CC)CN(CCC2CCCCO2)C(C)CN1. The van der Waals surface area contributed by atoms with Crippen molar-refractivity contribution in [1.29, 1.82) is 0 Å². The van der Waals surface area contributed by atoms with Crippen LogP contribution in [-0.4, -0.2) is 48.8 Å². The largest absolute Gasteiger partial charge is 0.378 e. The normalized spacial score (nSPS) is 32.4. The van der Waals surface area contributed by atoms with Crippen LogP contribution in [0.3, 0.4) is 0 Å². The average Bonchev–Trinajstić information content (AvgIpc) is 2.48. The van der Waals surface area contributed by atoms with E-state index in [1.54, 1.807) is 0 Å². The molecule has 2 rings (SSSR count). The van der Waals surface area contributed by atoms with Gasteiger partial charge in [0, 0.05) is 37.8 Å². The van der Waals surface area contributed by atoms with Gasteiger partial charge >= 0.3 is 0 Å². The van der Waals surface area contributed by atoms with Crippen molar-refractivity contribution in [2.75, 3.05) is 26.2 Å². The van der Waals surface area contributed by atoms with Crippen LogP contribution in [0.25, 0.3) is 0 Å². The Labute approximate surface area is 119 Å². The molecule has 2 unspecified atom stereocenters. The van der Waals surface area contributed by atoms with Crippen LogP contribution in [-0.2, 0) is 4.74 Å². The molecule has 3 nitrogen and oxygen atoms in total. The number of ether oxygens (including phenoxy) is 1. The first-order valence-corrected chi connectivity index (χ1v) is 8.30. The van der Waals surface area contributed by atoms with Crippen LogP contribution in [0.1, 0.15) is 59.3 Å². The highest BCUT2D eigenvalue weighted by molar-refractivity contribution is 4.95. The maximum absolute atomic E-state index is 5.87. The predicted octanol–water partition coefficient (Wildman–Crippen LogP) is 2.80. The van der Waals surface area contributed by atoms with Crippen LogP contribution in [0.5, 0.6) is 0 Å². The summed E-state index contributed by atoms with van der Waals surface area (Å²) in [5.41, 5.74) is 0.347. The van der Waals surface area contributed by atoms with E-state index in [9.17, 15) is 0 Å². The molecule has 1 N–H and O–H groups in total. The van der Waals surface area contributed by atoms with Gasteiger partial charge in [-0.2, -0.15) is 0 Å². The molecule has 0 amide bonds. The highest BCUT2D eigenvalue weighted by atomic mass is 16.5. The third kappa shape index (κ3) is 3.93. The molecule has 2 aliphatic heterocycles. The van der Waals surface area contributed by atoms with Gasteiger partial charge in [0.2, 0.25) is 0 Å². The summed E-state index contributed by atoms with van der Waals surface area (Å²) >= 11 is 0. The van der Waals surface area contributed by atoms with Gasteiger partial charge in [-0.25, -0.2) is 0 Å². The fourth-order valence-corrected chi connectivity index (χ4v) is 3.46. The van der Waals surface area contributed by atoms with Crippen LogP contribution in [0, 0.1) is 0 Å². The van der Waals surface area contributed by atoms with Gasteiger partial charge in [0.25, 0.3) is 0 Å². The third-order valence-electron chi connectivity index (χ3n) is 5.27. The van der Waals surface area contributed by atoms with E-state index in [0.717, 1.165) is 13.2 Å². The topological polar surface area (TPSA) is 24.5 Å².